The number of esters is 1. The van der Waals surface area contributed by atoms with Gasteiger partial charge in [-0.25, -0.2) is 9.18 Å². The Kier molecular flexibility index (Phi) is 4.11. The summed E-state index contributed by atoms with van der Waals surface area (Å²) in [5.41, 5.74) is 0.0807. The van der Waals surface area contributed by atoms with Gasteiger partial charge in [-0.15, -0.1) is 0 Å². The zero-order chi connectivity index (χ0) is 16.8. The standard InChI is InChI=1S/C18H24FNO4/c1-2-23-18(22)12-9-20-13-5-3-4-6-14(13)24-15-8-10(19)7-11(16(15)20)17(12)21/h9-11,13-16H,2-8H2,1H3. The fraction of sp³-hybridized carbons (Fsp3) is 0.778. The summed E-state index contributed by atoms with van der Waals surface area (Å²) in [6.45, 7) is 1.94. The van der Waals surface area contributed by atoms with Crippen molar-refractivity contribution in [2.24, 2.45) is 5.92 Å². The van der Waals surface area contributed by atoms with Crippen molar-refractivity contribution < 1.29 is 23.5 Å². The molecule has 5 nitrogen and oxygen atoms in total. The van der Waals surface area contributed by atoms with Gasteiger partial charge in [-0.05, 0) is 26.2 Å². The lowest BCUT2D eigenvalue weighted by molar-refractivity contribution is -0.188. The molecule has 2 aliphatic carbocycles. The van der Waals surface area contributed by atoms with Crippen LogP contribution in [0.4, 0.5) is 4.39 Å². The monoisotopic (exact) mass is 337 g/mol. The van der Waals surface area contributed by atoms with E-state index in [1.165, 1.54) is 0 Å². The maximum Gasteiger partial charge on any atom is 0.343 e. The quantitative estimate of drug-likeness (QED) is 0.571. The van der Waals surface area contributed by atoms with Gasteiger partial charge in [-0.1, -0.05) is 12.8 Å². The van der Waals surface area contributed by atoms with Gasteiger partial charge in [0, 0.05) is 18.5 Å². The first-order chi connectivity index (χ1) is 11.6. The fourth-order valence-electron chi connectivity index (χ4n) is 4.94. The van der Waals surface area contributed by atoms with Crippen LogP contribution < -0.4 is 0 Å². The molecule has 0 amide bonds. The number of morpholine rings is 1. The number of hydrogen-bond donors (Lipinski definition) is 0. The normalized spacial score (nSPS) is 41.2. The molecular formula is C18H24FNO4. The van der Waals surface area contributed by atoms with Crippen LogP contribution in [-0.4, -0.2) is 53.7 Å². The Labute approximate surface area is 141 Å². The maximum absolute atomic E-state index is 14.2. The summed E-state index contributed by atoms with van der Waals surface area (Å²) in [5, 5.41) is 0. The van der Waals surface area contributed by atoms with Crippen molar-refractivity contribution in [1.29, 1.82) is 0 Å². The van der Waals surface area contributed by atoms with Gasteiger partial charge in [0.25, 0.3) is 0 Å². The minimum absolute atomic E-state index is 0.0684. The highest BCUT2D eigenvalue weighted by Gasteiger charge is 2.55. The molecule has 0 aromatic heterocycles. The molecule has 0 spiro atoms. The van der Waals surface area contributed by atoms with Gasteiger partial charge in [0.05, 0.1) is 30.9 Å². The molecule has 0 radical (unpaired) electrons. The number of hydrogen-bond acceptors (Lipinski definition) is 5. The Hall–Kier alpha value is -1.43. The number of fused-ring (bicyclic) bond motifs is 2. The molecule has 6 unspecified atom stereocenters. The van der Waals surface area contributed by atoms with Gasteiger partial charge in [-0.2, -0.15) is 0 Å². The van der Waals surface area contributed by atoms with Crippen LogP contribution in [0.1, 0.15) is 45.4 Å². The van der Waals surface area contributed by atoms with Crippen LogP contribution in [-0.2, 0) is 19.1 Å². The molecule has 2 aliphatic heterocycles. The van der Waals surface area contributed by atoms with E-state index >= 15 is 0 Å². The molecule has 1 saturated heterocycles. The van der Waals surface area contributed by atoms with Crippen LogP contribution in [0.5, 0.6) is 0 Å². The number of Topliss-reactive ketones (excluding diaryl/α,β-unsaturated/α-hetero) is 1. The Morgan fingerprint density at radius 3 is 2.92 bits per heavy atom. The molecule has 0 N–H and O–H groups in total. The predicted molar refractivity (Wildman–Crippen MR) is 83.9 cm³/mol. The Morgan fingerprint density at radius 2 is 2.12 bits per heavy atom. The van der Waals surface area contributed by atoms with Crippen LogP contribution in [0.3, 0.4) is 0 Å². The highest BCUT2D eigenvalue weighted by atomic mass is 19.1. The van der Waals surface area contributed by atoms with Crippen molar-refractivity contribution in [3.05, 3.63) is 11.8 Å². The number of alkyl halides is 1. The number of nitrogens with zero attached hydrogens (tertiary/aromatic N) is 1. The van der Waals surface area contributed by atoms with E-state index in [0.717, 1.165) is 25.7 Å². The highest BCUT2D eigenvalue weighted by molar-refractivity contribution is 6.18. The predicted octanol–water partition coefficient (Wildman–Crippen LogP) is 2.14. The molecular weight excluding hydrogens is 313 g/mol. The highest BCUT2D eigenvalue weighted by Crippen LogP contribution is 2.45. The lowest BCUT2D eigenvalue weighted by Gasteiger charge is -2.57. The van der Waals surface area contributed by atoms with E-state index in [2.05, 4.69) is 4.90 Å². The van der Waals surface area contributed by atoms with Crippen LogP contribution in [0, 0.1) is 5.92 Å². The Balaban J connectivity index is 1.73. The first-order valence-electron chi connectivity index (χ1n) is 9.10. The van der Waals surface area contributed by atoms with E-state index in [9.17, 15) is 14.0 Å². The number of carbonyl (C=O) groups is 2. The van der Waals surface area contributed by atoms with Gasteiger partial charge in [0.15, 0.2) is 5.78 Å². The summed E-state index contributed by atoms with van der Waals surface area (Å²) in [7, 11) is 0. The largest absolute Gasteiger partial charge is 0.462 e. The first kappa shape index (κ1) is 16.1. The van der Waals surface area contributed by atoms with Gasteiger partial charge in [0.2, 0.25) is 0 Å². The summed E-state index contributed by atoms with van der Waals surface area (Å²) in [6.07, 6.45) is 5.14. The zero-order valence-corrected chi connectivity index (χ0v) is 13.9. The van der Waals surface area contributed by atoms with Crippen molar-refractivity contribution in [2.75, 3.05) is 6.61 Å². The zero-order valence-electron chi connectivity index (χ0n) is 13.9. The molecule has 2 saturated carbocycles. The lowest BCUT2D eigenvalue weighted by Crippen LogP contribution is -2.67. The minimum Gasteiger partial charge on any atom is -0.462 e. The van der Waals surface area contributed by atoms with Gasteiger partial charge >= 0.3 is 5.97 Å². The number of ketones is 1. The second-order valence-electron chi connectivity index (χ2n) is 7.31. The van der Waals surface area contributed by atoms with Crippen LogP contribution >= 0.6 is 0 Å². The van der Waals surface area contributed by atoms with Crippen molar-refractivity contribution in [2.45, 2.75) is 75.9 Å². The molecule has 3 fully saturated rings. The minimum atomic E-state index is -1.05. The average molecular weight is 337 g/mol. The van der Waals surface area contributed by atoms with E-state index < -0.39 is 18.1 Å². The van der Waals surface area contributed by atoms with E-state index in [1.807, 2.05) is 0 Å². The van der Waals surface area contributed by atoms with E-state index in [1.54, 1.807) is 13.1 Å². The average Bonchev–Trinajstić information content (AvgIpc) is 2.57. The summed E-state index contributed by atoms with van der Waals surface area (Å²) < 4.78 is 25.5. The lowest BCUT2D eigenvalue weighted by atomic mass is 9.71. The van der Waals surface area contributed by atoms with E-state index in [-0.39, 0.29) is 48.7 Å². The topological polar surface area (TPSA) is 55.8 Å². The van der Waals surface area contributed by atoms with Crippen molar-refractivity contribution in [1.82, 2.24) is 4.90 Å². The molecule has 4 aliphatic rings. The molecule has 0 bridgehead atoms. The number of rotatable bonds is 2. The second kappa shape index (κ2) is 6.14. The summed E-state index contributed by atoms with van der Waals surface area (Å²) in [6, 6.07) is 0.0400. The van der Waals surface area contributed by atoms with Gasteiger partial charge < -0.3 is 14.4 Å². The van der Waals surface area contributed by atoms with Crippen LogP contribution in [0.25, 0.3) is 0 Å². The van der Waals surface area contributed by atoms with Crippen LogP contribution in [0.15, 0.2) is 11.8 Å². The number of ether oxygens (including phenoxy) is 2. The number of carbonyl (C=O) groups excluding carboxylic acids is 2. The second-order valence-corrected chi connectivity index (χ2v) is 7.31. The molecule has 6 atom stereocenters. The smallest absolute Gasteiger partial charge is 0.343 e. The van der Waals surface area contributed by atoms with Gasteiger partial charge in [0.1, 0.15) is 11.7 Å². The SMILES string of the molecule is CCOC(=O)C1=CN2C3CCCCC3OC3CC(F)CC(C1=O)C32. The molecule has 2 heterocycles. The number of halogens is 1. The summed E-state index contributed by atoms with van der Waals surface area (Å²) in [4.78, 5) is 27.2. The van der Waals surface area contributed by atoms with Crippen molar-refractivity contribution >= 4 is 11.8 Å². The Bertz CT molecular complexity index is 577. The van der Waals surface area contributed by atoms with E-state index in [0.29, 0.717) is 6.42 Å². The van der Waals surface area contributed by atoms with Crippen LogP contribution in [0.2, 0.25) is 0 Å². The maximum atomic E-state index is 14.2. The van der Waals surface area contributed by atoms with Crippen molar-refractivity contribution in [3.8, 4) is 0 Å². The molecule has 4 rings (SSSR count). The third-order valence-corrected chi connectivity index (χ3v) is 5.91. The molecule has 0 aromatic carbocycles. The third-order valence-electron chi connectivity index (χ3n) is 5.91. The van der Waals surface area contributed by atoms with E-state index in [4.69, 9.17) is 9.47 Å². The summed E-state index contributed by atoms with van der Waals surface area (Å²) >= 11 is 0. The van der Waals surface area contributed by atoms with Gasteiger partial charge in [-0.3, -0.25) is 4.79 Å². The molecule has 6 heteroatoms. The first-order valence-corrected chi connectivity index (χ1v) is 9.10. The molecule has 132 valence electrons. The fourth-order valence-corrected chi connectivity index (χ4v) is 4.94. The summed E-state index contributed by atoms with van der Waals surface area (Å²) in [5.74, 6) is -1.37. The molecule has 24 heavy (non-hydrogen) atoms. The molecule has 0 aromatic rings. The van der Waals surface area contributed by atoms with Crippen molar-refractivity contribution in [3.63, 3.8) is 0 Å². The third kappa shape index (κ3) is 2.46. The Morgan fingerprint density at radius 1 is 1.33 bits per heavy atom.